The van der Waals surface area contributed by atoms with Gasteiger partial charge in [0.25, 0.3) is 0 Å². The molecule has 1 aliphatic heterocycles. The highest BCUT2D eigenvalue weighted by molar-refractivity contribution is 5.87. The van der Waals surface area contributed by atoms with Crippen LogP contribution in [0.3, 0.4) is 0 Å². The minimum Gasteiger partial charge on any atom is -0.368 e. The molecule has 1 aromatic carbocycles. The van der Waals surface area contributed by atoms with E-state index in [0.29, 0.717) is 5.95 Å². The lowest BCUT2D eigenvalue weighted by atomic mass is 10.2. The molecule has 130 valence electrons. The Labute approximate surface area is 148 Å². The molecule has 0 atom stereocenters. The molecule has 6 heteroatoms. The van der Waals surface area contributed by atoms with E-state index >= 15 is 0 Å². The maximum Gasteiger partial charge on any atom is 0.246 e. The van der Waals surface area contributed by atoms with E-state index in [9.17, 15) is 4.79 Å². The second-order valence-corrected chi connectivity index (χ2v) is 5.96. The number of rotatable bonds is 5. The summed E-state index contributed by atoms with van der Waals surface area (Å²) in [5.41, 5.74) is 3.22. The fourth-order valence-electron chi connectivity index (χ4n) is 2.80. The first-order chi connectivity index (χ1) is 12.2. The van der Waals surface area contributed by atoms with Crippen LogP contribution < -0.4 is 10.2 Å². The molecule has 1 amide bonds. The normalized spacial score (nSPS) is 14.3. The largest absolute Gasteiger partial charge is 0.368 e. The number of nitrogens with zero attached hydrogens (tertiary/aromatic N) is 4. The molecule has 1 saturated heterocycles. The van der Waals surface area contributed by atoms with E-state index in [0.717, 1.165) is 49.5 Å². The number of piperazine rings is 1. The number of amides is 1. The molecule has 2 aromatic rings. The maximum atomic E-state index is 11.6. The van der Waals surface area contributed by atoms with Crippen molar-refractivity contribution in [3.8, 4) is 0 Å². The summed E-state index contributed by atoms with van der Waals surface area (Å²) in [6.07, 6.45) is 5.99. The molecule has 1 N–H and O–H groups in total. The van der Waals surface area contributed by atoms with Gasteiger partial charge in [-0.2, -0.15) is 0 Å². The zero-order valence-electron chi connectivity index (χ0n) is 14.5. The zero-order valence-corrected chi connectivity index (χ0v) is 14.5. The van der Waals surface area contributed by atoms with E-state index in [1.165, 1.54) is 6.08 Å². The molecule has 1 fully saturated rings. The van der Waals surface area contributed by atoms with Crippen LogP contribution in [-0.2, 0) is 11.2 Å². The molecule has 0 bridgehead atoms. The fraction of sp³-hybridized carbons (Fsp3) is 0.316. The second-order valence-electron chi connectivity index (χ2n) is 5.96. The summed E-state index contributed by atoms with van der Waals surface area (Å²) in [5, 5.41) is 3.21. The van der Waals surface area contributed by atoms with E-state index < -0.39 is 0 Å². The monoisotopic (exact) mass is 337 g/mol. The molecule has 3 rings (SSSR count). The number of carbonyl (C=O) groups excluding carboxylic acids is 1. The molecule has 0 radical (unpaired) electrons. The van der Waals surface area contributed by atoms with Crippen LogP contribution in [0.2, 0.25) is 0 Å². The van der Waals surface area contributed by atoms with Gasteiger partial charge in [-0.15, -0.1) is 0 Å². The molecule has 1 aliphatic rings. The van der Waals surface area contributed by atoms with Crippen LogP contribution in [0.5, 0.6) is 0 Å². The molecule has 25 heavy (non-hydrogen) atoms. The first kappa shape index (κ1) is 17.0. The van der Waals surface area contributed by atoms with Gasteiger partial charge in [0, 0.05) is 49.9 Å². The first-order valence-electron chi connectivity index (χ1n) is 8.54. The van der Waals surface area contributed by atoms with Crippen LogP contribution in [0.4, 0.5) is 17.3 Å². The van der Waals surface area contributed by atoms with Gasteiger partial charge in [-0.1, -0.05) is 13.5 Å². The minimum atomic E-state index is 0.00768. The molecule has 6 nitrogen and oxygen atoms in total. The number of carbonyl (C=O) groups is 1. The third-order valence-corrected chi connectivity index (χ3v) is 4.37. The van der Waals surface area contributed by atoms with Crippen molar-refractivity contribution in [2.75, 3.05) is 36.4 Å². The van der Waals surface area contributed by atoms with Crippen LogP contribution >= 0.6 is 0 Å². The molecule has 0 unspecified atom stereocenters. The second kappa shape index (κ2) is 7.79. The highest BCUT2D eigenvalue weighted by atomic mass is 16.2. The van der Waals surface area contributed by atoms with Gasteiger partial charge < -0.3 is 15.1 Å². The summed E-state index contributed by atoms with van der Waals surface area (Å²) < 4.78 is 0. The molecular weight excluding hydrogens is 314 g/mol. The average Bonchev–Trinajstić information content (AvgIpc) is 2.69. The van der Waals surface area contributed by atoms with Gasteiger partial charge in [-0.05, 0) is 42.3 Å². The lowest BCUT2D eigenvalue weighted by molar-refractivity contribution is -0.126. The van der Waals surface area contributed by atoms with Crippen molar-refractivity contribution in [1.82, 2.24) is 14.9 Å². The van der Waals surface area contributed by atoms with E-state index in [1.807, 2.05) is 29.4 Å². The van der Waals surface area contributed by atoms with Crippen LogP contribution in [0.15, 0.2) is 49.3 Å². The Kier molecular flexibility index (Phi) is 5.28. The smallest absolute Gasteiger partial charge is 0.246 e. The van der Waals surface area contributed by atoms with Crippen molar-refractivity contribution in [1.29, 1.82) is 0 Å². The predicted octanol–water partition coefficient (Wildman–Crippen LogP) is 2.62. The standard InChI is InChI=1S/C19H23N5O/c1-3-15-13-20-19(21-14-15)22-16-5-7-17(8-6-16)23-9-11-24(12-10-23)18(25)4-2/h4-8,13-14H,2-3,9-12H2,1H3,(H,20,21,22). The lowest BCUT2D eigenvalue weighted by Crippen LogP contribution is -2.48. The van der Waals surface area contributed by atoms with Gasteiger partial charge in [-0.25, -0.2) is 9.97 Å². The van der Waals surface area contributed by atoms with E-state index in [-0.39, 0.29) is 5.91 Å². The average molecular weight is 337 g/mol. The fourth-order valence-corrected chi connectivity index (χ4v) is 2.80. The first-order valence-corrected chi connectivity index (χ1v) is 8.54. The highest BCUT2D eigenvalue weighted by Crippen LogP contribution is 2.21. The number of hydrogen-bond acceptors (Lipinski definition) is 5. The van der Waals surface area contributed by atoms with Crippen molar-refractivity contribution in [2.45, 2.75) is 13.3 Å². The van der Waals surface area contributed by atoms with Crippen molar-refractivity contribution < 1.29 is 4.79 Å². The highest BCUT2D eigenvalue weighted by Gasteiger charge is 2.19. The number of hydrogen-bond donors (Lipinski definition) is 1. The summed E-state index contributed by atoms with van der Waals surface area (Å²) in [5.74, 6) is 0.606. The molecule has 2 heterocycles. The van der Waals surface area contributed by atoms with E-state index in [1.54, 1.807) is 0 Å². The Hall–Kier alpha value is -2.89. The summed E-state index contributed by atoms with van der Waals surface area (Å²) in [4.78, 5) is 24.4. The SMILES string of the molecule is C=CC(=O)N1CCN(c2ccc(Nc3ncc(CC)cn3)cc2)CC1. The van der Waals surface area contributed by atoms with E-state index in [2.05, 4.69) is 45.8 Å². The number of aryl methyl sites for hydroxylation is 1. The number of anilines is 3. The Bertz CT molecular complexity index is 718. The van der Waals surface area contributed by atoms with Gasteiger partial charge in [0.05, 0.1) is 0 Å². The van der Waals surface area contributed by atoms with Crippen LogP contribution in [-0.4, -0.2) is 47.0 Å². The third kappa shape index (κ3) is 4.15. The quantitative estimate of drug-likeness (QED) is 0.850. The Morgan fingerprint density at radius 1 is 1.16 bits per heavy atom. The molecule has 1 aromatic heterocycles. The maximum absolute atomic E-state index is 11.6. The van der Waals surface area contributed by atoms with Crippen molar-refractivity contribution in [3.63, 3.8) is 0 Å². The summed E-state index contributed by atoms with van der Waals surface area (Å²) in [6.45, 7) is 8.73. The number of benzene rings is 1. The van der Waals surface area contributed by atoms with Crippen molar-refractivity contribution in [2.24, 2.45) is 0 Å². The summed E-state index contributed by atoms with van der Waals surface area (Å²) in [7, 11) is 0. The summed E-state index contributed by atoms with van der Waals surface area (Å²) >= 11 is 0. The van der Waals surface area contributed by atoms with Gasteiger partial charge >= 0.3 is 0 Å². The molecular formula is C19H23N5O. The van der Waals surface area contributed by atoms with Crippen LogP contribution in [0.1, 0.15) is 12.5 Å². The Balaban J connectivity index is 1.58. The van der Waals surface area contributed by atoms with Gasteiger partial charge in [-0.3, -0.25) is 4.79 Å². The number of aromatic nitrogens is 2. The number of nitrogens with one attached hydrogen (secondary N) is 1. The van der Waals surface area contributed by atoms with Gasteiger partial charge in [0.15, 0.2) is 0 Å². The van der Waals surface area contributed by atoms with Gasteiger partial charge in [0.1, 0.15) is 0 Å². The zero-order chi connectivity index (χ0) is 17.6. The molecule has 0 saturated carbocycles. The minimum absolute atomic E-state index is 0.00768. The molecule has 0 aliphatic carbocycles. The Morgan fingerprint density at radius 3 is 2.36 bits per heavy atom. The third-order valence-electron chi connectivity index (χ3n) is 4.37. The van der Waals surface area contributed by atoms with Crippen LogP contribution in [0.25, 0.3) is 0 Å². The topological polar surface area (TPSA) is 61.4 Å². The van der Waals surface area contributed by atoms with Crippen LogP contribution in [0, 0.1) is 0 Å². The van der Waals surface area contributed by atoms with Gasteiger partial charge in [0.2, 0.25) is 11.9 Å². The Morgan fingerprint density at radius 2 is 1.80 bits per heavy atom. The predicted molar refractivity (Wildman–Crippen MR) is 100 cm³/mol. The van der Waals surface area contributed by atoms with Crippen molar-refractivity contribution >= 4 is 23.2 Å². The molecule has 0 spiro atoms. The van der Waals surface area contributed by atoms with Crippen molar-refractivity contribution in [3.05, 3.63) is 54.9 Å². The van der Waals surface area contributed by atoms with E-state index in [4.69, 9.17) is 0 Å². The summed E-state index contributed by atoms with van der Waals surface area (Å²) in [6, 6.07) is 8.20. The lowest BCUT2D eigenvalue weighted by Gasteiger charge is -2.35.